The van der Waals surface area contributed by atoms with Gasteiger partial charge in [0, 0.05) is 23.7 Å². The van der Waals surface area contributed by atoms with Crippen LogP contribution >= 0.6 is 23.2 Å². The molecular formula is C14H18Cl2N3O2+. The van der Waals surface area contributed by atoms with Crippen LogP contribution in [0.3, 0.4) is 0 Å². The van der Waals surface area contributed by atoms with E-state index in [1.165, 1.54) is 4.90 Å². The third-order valence-corrected chi connectivity index (χ3v) is 4.30. The molecule has 1 aliphatic heterocycles. The third-order valence-electron chi connectivity index (χ3n) is 3.72. The number of nitrogens with zero attached hydrogens (tertiary/aromatic N) is 1. The van der Waals surface area contributed by atoms with E-state index in [-0.39, 0.29) is 18.0 Å². The van der Waals surface area contributed by atoms with Crippen LogP contribution in [0.2, 0.25) is 10.0 Å². The van der Waals surface area contributed by atoms with E-state index < -0.39 is 0 Å². The van der Waals surface area contributed by atoms with E-state index in [4.69, 9.17) is 23.2 Å². The summed E-state index contributed by atoms with van der Waals surface area (Å²) in [5.41, 5.74) is 0.920. The molecule has 0 aliphatic carbocycles. The van der Waals surface area contributed by atoms with E-state index in [1.54, 1.807) is 12.1 Å². The first-order valence-corrected chi connectivity index (χ1v) is 7.51. The molecule has 0 radical (unpaired) electrons. The molecule has 5 nitrogen and oxygen atoms in total. The van der Waals surface area contributed by atoms with Crippen molar-refractivity contribution < 1.29 is 14.5 Å². The van der Waals surface area contributed by atoms with Crippen LogP contribution in [0, 0.1) is 0 Å². The van der Waals surface area contributed by atoms with Crippen LogP contribution in [0.25, 0.3) is 0 Å². The monoisotopic (exact) mass is 330 g/mol. The molecule has 2 atom stereocenters. The van der Waals surface area contributed by atoms with Gasteiger partial charge in [0.2, 0.25) is 0 Å². The molecule has 2 rings (SSSR count). The molecule has 1 aromatic rings. The lowest BCUT2D eigenvalue weighted by atomic mass is 10.2. The van der Waals surface area contributed by atoms with Crippen LogP contribution in [0.15, 0.2) is 18.2 Å². The van der Waals surface area contributed by atoms with Crippen molar-refractivity contribution in [2.45, 2.75) is 19.5 Å². The summed E-state index contributed by atoms with van der Waals surface area (Å²) in [5, 5.41) is 3.80. The largest absolute Gasteiger partial charge is 0.336 e. The highest BCUT2D eigenvalue weighted by molar-refractivity contribution is 6.35. The Morgan fingerprint density at radius 1 is 1.48 bits per heavy atom. The zero-order chi connectivity index (χ0) is 15.6. The Morgan fingerprint density at radius 3 is 2.76 bits per heavy atom. The minimum atomic E-state index is -0.333. The fourth-order valence-corrected chi connectivity index (χ4v) is 2.72. The average Bonchev–Trinajstić information content (AvgIpc) is 2.86. The second-order valence-electron chi connectivity index (χ2n) is 5.20. The van der Waals surface area contributed by atoms with Gasteiger partial charge >= 0.3 is 6.03 Å². The van der Waals surface area contributed by atoms with E-state index >= 15 is 0 Å². The number of carbonyl (C=O) groups excluding carboxylic acids is 2. The van der Waals surface area contributed by atoms with Crippen LogP contribution in [-0.2, 0) is 11.3 Å². The normalized spacial score (nSPS) is 17.5. The molecule has 1 aromatic carbocycles. The molecule has 0 aromatic heterocycles. The quantitative estimate of drug-likeness (QED) is 0.863. The lowest BCUT2D eigenvalue weighted by Crippen LogP contribution is -3.12. The second kappa shape index (κ2) is 6.64. The van der Waals surface area contributed by atoms with E-state index in [0.717, 1.165) is 10.5 Å². The van der Waals surface area contributed by atoms with Crippen LogP contribution in [0.4, 0.5) is 4.79 Å². The Morgan fingerprint density at radius 2 is 2.19 bits per heavy atom. The number of quaternary nitrogens is 1. The topological polar surface area (TPSA) is 53.9 Å². The summed E-state index contributed by atoms with van der Waals surface area (Å²) >= 11 is 12.0. The zero-order valence-corrected chi connectivity index (χ0v) is 13.5. The standard InChI is InChI=1S/C14H17Cl2N3O2/c1-9(13(20)19-6-5-17-14(19)21)18(2)8-10-3-4-11(15)7-12(10)16/h3-4,7,9H,5-6,8H2,1-2H3,(H,17,21)/p+1/t9-/m1/s1. The number of imide groups is 1. The number of nitrogens with one attached hydrogen (secondary N) is 2. The Hall–Kier alpha value is -1.30. The van der Waals surface area contributed by atoms with Crippen LogP contribution in [-0.4, -0.2) is 43.0 Å². The van der Waals surface area contributed by atoms with Crippen molar-refractivity contribution in [3.8, 4) is 0 Å². The number of halogens is 2. The molecule has 21 heavy (non-hydrogen) atoms. The van der Waals surface area contributed by atoms with Gasteiger partial charge in [-0.2, -0.15) is 0 Å². The number of likely N-dealkylation sites (N-methyl/N-ethyl adjacent to an activating group) is 1. The predicted octanol–water partition coefficient (Wildman–Crippen LogP) is 0.948. The number of urea groups is 1. The summed E-state index contributed by atoms with van der Waals surface area (Å²) in [7, 11) is 1.90. The molecule has 1 saturated heterocycles. The molecule has 1 unspecified atom stereocenters. The molecule has 0 bridgehead atoms. The Bertz CT molecular complexity index is 565. The van der Waals surface area contributed by atoms with E-state index in [1.807, 2.05) is 20.0 Å². The van der Waals surface area contributed by atoms with Crippen molar-refractivity contribution in [3.05, 3.63) is 33.8 Å². The number of carbonyl (C=O) groups is 2. The van der Waals surface area contributed by atoms with Crippen molar-refractivity contribution in [3.63, 3.8) is 0 Å². The first-order chi connectivity index (χ1) is 9.90. The highest BCUT2D eigenvalue weighted by atomic mass is 35.5. The Labute approximate surface area is 133 Å². The van der Waals surface area contributed by atoms with Crippen LogP contribution < -0.4 is 10.2 Å². The van der Waals surface area contributed by atoms with Crippen molar-refractivity contribution in [2.75, 3.05) is 20.1 Å². The van der Waals surface area contributed by atoms with Crippen molar-refractivity contribution in [1.29, 1.82) is 0 Å². The second-order valence-corrected chi connectivity index (χ2v) is 6.05. The summed E-state index contributed by atoms with van der Waals surface area (Å²) in [6.45, 7) is 3.34. The predicted molar refractivity (Wildman–Crippen MR) is 81.6 cm³/mol. The van der Waals surface area contributed by atoms with Crippen molar-refractivity contribution in [1.82, 2.24) is 10.2 Å². The molecule has 1 heterocycles. The number of rotatable bonds is 4. The number of benzene rings is 1. The molecule has 3 amide bonds. The lowest BCUT2D eigenvalue weighted by Gasteiger charge is -2.24. The SMILES string of the molecule is C[C@H](C(=O)N1CCNC1=O)[NH+](C)Cc1ccc(Cl)cc1Cl. The van der Waals surface area contributed by atoms with Crippen LogP contribution in [0.1, 0.15) is 12.5 Å². The molecule has 2 N–H and O–H groups in total. The lowest BCUT2D eigenvalue weighted by molar-refractivity contribution is -0.908. The van der Waals surface area contributed by atoms with E-state index in [0.29, 0.717) is 29.7 Å². The maximum Gasteiger partial charge on any atom is 0.324 e. The molecule has 1 fully saturated rings. The minimum Gasteiger partial charge on any atom is -0.336 e. The fourth-order valence-electron chi connectivity index (χ4n) is 2.24. The van der Waals surface area contributed by atoms with Gasteiger partial charge in [-0.05, 0) is 19.1 Å². The third kappa shape index (κ3) is 3.67. The Kier molecular flexibility index (Phi) is 5.08. The first kappa shape index (κ1) is 16.1. The molecule has 1 aliphatic rings. The molecular weight excluding hydrogens is 313 g/mol. The molecule has 7 heteroatoms. The summed E-state index contributed by atoms with van der Waals surface area (Å²) in [5.74, 6) is -0.174. The smallest absolute Gasteiger partial charge is 0.324 e. The van der Waals surface area contributed by atoms with Crippen LogP contribution in [0.5, 0.6) is 0 Å². The molecule has 0 spiro atoms. The van der Waals surface area contributed by atoms with Gasteiger partial charge in [0.1, 0.15) is 6.54 Å². The minimum absolute atomic E-state index is 0.174. The maximum absolute atomic E-state index is 12.3. The number of amides is 3. The van der Waals surface area contributed by atoms with E-state index in [9.17, 15) is 9.59 Å². The zero-order valence-electron chi connectivity index (χ0n) is 12.0. The Balaban J connectivity index is 2.03. The van der Waals surface area contributed by atoms with Crippen molar-refractivity contribution >= 4 is 35.1 Å². The van der Waals surface area contributed by atoms with Gasteiger partial charge in [0.25, 0.3) is 5.91 Å². The fraction of sp³-hybridized carbons (Fsp3) is 0.429. The maximum atomic E-state index is 12.3. The number of hydrogen-bond acceptors (Lipinski definition) is 2. The van der Waals surface area contributed by atoms with Crippen molar-refractivity contribution in [2.24, 2.45) is 0 Å². The van der Waals surface area contributed by atoms with Gasteiger partial charge in [-0.15, -0.1) is 0 Å². The van der Waals surface area contributed by atoms with E-state index in [2.05, 4.69) is 5.32 Å². The average molecular weight is 331 g/mol. The summed E-state index contributed by atoms with van der Waals surface area (Å²) in [6.07, 6.45) is 0. The van der Waals surface area contributed by atoms with Gasteiger partial charge in [0.15, 0.2) is 6.04 Å². The molecule has 114 valence electrons. The van der Waals surface area contributed by atoms with Gasteiger partial charge in [-0.1, -0.05) is 29.3 Å². The van der Waals surface area contributed by atoms with Gasteiger partial charge in [0.05, 0.1) is 12.1 Å². The van der Waals surface area contributed by atoms with Gasteiger partial charge in [-0.3, -0.25) is 9.69 Å². The molecule has 0 saturated carbocycles. The summed E-state index contributed by atoms with van der Waals surface area (Å²) in [6, 6.07) is 4.67. The summed E-state index contributed by atoms with van der Waals surface area (Å²) in [4.78, 5) is 26.1. The first-order valence-electron chi connectivity index (χ1n) is 6.75. The highest BCUT2D eigenvalue weighted by Gasteiger charge is 2.33. The van der Waals surface area contributed by atoms with Gasteiger partial charge in [-0.25, -0.2) is 4.79 Å². The summed E-state index contributed by atoms with van der Waals surface area (Å²) < 4.78 is 0. The van der Waals surface area contributed by atoms with Gasteiger partial charge < -0.3 is 10.2 Å². The highest BCUT2D eigenvalue weighted by Crippen LogP contribution is 2.20. The number of hydrogen-bond donors (Lipinski definition) is 2.